The first kappa shape index (κ1) is 24.4. The number of carbonyl (C=O) groups excluding carboxylic acids is 1. The first-order chi connectivity index (χ1) is 15.6. The number of amides is 1. The van der Waals surface area contributed by atoms with Gasteiger partial charge in [0.25, 0.3) is 5.91 Å². The Labute approximate surface area is 191 Å². The van der Waals surface area contributed by atoms with Crippen LogP contribution in [0.4, 0.5) is 11.4 Å². The molecule has 1 N–H and O–H groups in total. The van der Waals surface area contributed by atoms with Gasteiger partial charge in [-0.1, -0.05) is 6.07 Å². The fourth-order valence-corrected chi connectivity index (χ4v) is 5.06. The molecule has 1 aliphatic heterocycles. The van der Waals surface area contributed by atoms with E-state index in [0.29, 0.717) is 24.3 Å². The first-order valence-electron chi connectivity index (χ1n) is 10.1. The van der Waals surface area contributed by atoms with Gasteiger partial charge in [0.2, 0.25) is 15.8 Å². The summed E-state index contributed by atoms with van der Waals surface area (Å²) in [6.07, 6.45) is 0. The fourth-order valence-electron chi connectivity index (χ4n) is 3.47. The van der Waals surface area contributed by atoms with Crippen LogP contribution in [0.5, 0.6) is 11.5 Å². The van der Waals surface area contributed by atoms with Crippen LogP contribution in [0.25, 0.3) is 0 Å². The molecule has 178 valence electrons. The Balaban J connectivity index is 1.77. The minimum atomic E-state index is -3.87. The Morgan fingerprint density at radius 2 is 1.91 bits per heavy atom. The Bertz CT molecular complexity index is 1160. The van der Waals surface area contributed by atoms with Crippen molar-refractivity contribution in [3.8, 4) is 11.5 Å². The van der Waals surface area contributed by atoms with E-state index in [0.717, 1.165) is 0 Å². The van der Waals surface area contributed by atoms with Crippen LogP contribution in [0.15, 0.2) is 35.2 Å². The number of morpholine rings is 1. The molecule has 1 aliphatic rings. The molecule has 0 atom stereocenters. The molecule has 0 radical (unpaired) electrons. The van der Waals surface area contributed by atoms with Crippen LogP contribution in [0, 0.1) is 24.0 Å². The third-order valence-electron chi connectivity index (χ3n) is 4.98. The topological polar surface area (TPSA) is 137 Å². The Hall–Kier alpha value is -3.22. The van der Waals surface area contributed by atoms with Gasteiger partial charge < -0.3 is 19.5 Å². The van der Waals surface area contributed by atoms with Crippen LogP contribution < -0.4 is 14.8 Å². The van der Waals surface area contributed by atoms with Crippen molar-refractivity contribution < 1.29 is 32.3 Å². The van der Waals surface area contributed by atoms with Gasteiger partial charge >= 0.3 is 5.69 Å². The van der Waals surface area contributed by atoms with E-state index in [9.17, 15) is 23.3 Å². The van der Waals surface area contributed by atoms with Gasteiger partial charge in [-0.05, 0) is 43.2 Å². The number of nitrogens with one attached hydrogen (secondary N) is 1. The molecule has 2 aromatic rings. The summed E-state index contributed by atoms with van der Waals surface area (Å²) in [4.78, 5) is 23.1. The van der Waals surface area contributed by atoms with E-state index in [1.807, 2.05) is 0 Å². The maximum Gasteiger partial charge on any atom is 0.311 e. The largest absolute Gasteiger partial charge is 0.495 e. The van der Waals surface area contributed by atoms with Crippen molar-refractivity contribution in [3.05, 3.63) is 51.6 Å². The second-order valence-electron chi connectivity index (χ2n) is 7.41. The van der Waals surface area contributed by atoms with Gasteiger partial charge in [-0.15, -0.1) is 0 Å². The zero-order valence-corrected chi connectivity index (χ0v) is 19.3. The van der Waals surface area contributed by atoms with Gasteiger partial charge in [0, 0.05) is 24.8 Å². The molecule has 1 heterocycles. The number of rotatable bonds is 8. The monoisotopic (exact) mass is 479 g/mol. The number of nitro groups is 1. The van der Waals surface area contributed by atoms with E-state index < -0.39 is 27.5 Å². The van der Waals surface area contributed by atoms with Crippen molar-refractivity contribution in [2.75, 3.05) is 45.3 Å². The molecule has 0 saturated carbocycles. The molecule has 1 saturated heterocycles. The lowest BCUT2D eigenvalue weighted by atomic mass is 10.1. The second-order valence-corrected chi connectivity index (χ2v) is 9.31. The van der Waals surface area contributed by atoms with Crippen LogP contribution in [0.3, 0.4) is 0 Å². The average Bonchev–Trinajstić information content (AvgIpc) is 2.78. The molecule has 12 heteroatoms. The van der Waals surface area contributed by atoms with E-state index in [1.54, 1.807) is 19.9 Å². The smallest absolute Gasteiger partial charge is 0.311 e. The van der Waals surface area contributed by atoms with Crippen molar-refractivity contribution in [1.82, 2.24) is 4.31 Å². The molecule has 0 bridgehead atoms. The summed E-state index contributed by atoms with van der Waals surface area (Å²) < 4.78 is 43.3. The van der Waals surface area contributed by atoms with E-state index in [4.69, 9.17) is 14.2 Å². The van der Waals surface area contributed by atoms with Gasteiger partial charge in [-0.3, -0.25) is 14.9 Å². The Kier molecular flexibility index (Phi) is 7.51. The third-order valence-corrected chi connectivity index (χ3v) is 6.90. The number of nitrogens with zero attached hydrogens (tertiary/aromatic N) is 2. The molecule has 1 fully saturated rings. The number of sulfonamides is 1. The van der Waals surface area contributed by atoms with Crippen molar-refractivity contribution in [2.45, 2.75) is 18.7 Å². The van der Waals surface area contributed by atoms with Crippen molar-refractivity contribution in [1.29, 1.82) is 0 Å². The minimum Gasteiger partial charge on any atom is -0.495 e. The Morgan fingerprint density at radius 1 is 1.21 bits per heavy atom. The Morgan fingerprint density at radius 3 is 2.55 bits per heavy atom. The molecular formula is C21H25N3O8S. The highest BCUT2D eigenvalue weighted by atomic mass is 32.2. The normalized spacial score (nSPS) is 14.5. The number of nitro benzene ring substituents is 1. The highest BCUT2D eigenvalue weighted by Crippen LogP contribution is 2.32. The number of hydrogen-bond acceptors (Lipinski definition) is 8. The number of carbonyl (C=O) groups is 1. The molecule has 3 rings (SSSR count). The zero-order valence-electron chi connectivity index (χ0n) is 18.5. The quantitative estimate of drug-likeness (QED) is 0.450. The molecule has 11 nitrogen and oxygen atoms in total. The van der Waals surface area contributed by atoms with E-state index in [-0.39, 0.29) is 40.9 Å². The van der Waals surface area contributed by atoms with E-state index >= 15 is 0 Å². The van der Waals surface area contributed by atoms with Crippen molar-refractivity contribution >= 4 is 27.3 Å². The van der Waals surface area contributed by atoms with Gasteiger partial charge in [-0.25, -0.2) is 8.42 Å². The summed E-state index contributed by atoms with van der Waals surface area (Å²) in [7, 11) is -2.51. The predicted octanol–water partition coefficient (Wildman–Crippen LogP) is 2.26. The lowest BCUT2D eigenvalue weighted by Crippen LogP contribution is -2.40. The first-order valence-corrected chi connectivity index (χ1v) is 11.5. The molecular weight excluding hydrogens is 454 g/mol. The number of aryl methyl sites for hydroxylation is 2. The molecule has 2 aromatic carbocycles. The molecule has 0 aromatic heterocycles. The lowest BCUT2D eigenvalue weighted by molar-refractivity contribution is -0.385. The number of ether oxygens (including phenoxy) is 3. The number of anilines is 1. The molecule has 0 aliphatic carbocycles. The lowest BCUT2D eigenvalue weighted by Gasteiger charge is -2.26. The molecule has 0 spiro atoms. The summed E-state index contributed by atoms with van der Waals surface area (Å²) in [5.41, 5.74) is 1.20. The number of methoxy groups -OCH3 is 1. The summed E-state index contributed by atoms with van der Waals surface area (Å²) in [6, 6.07) is 7.33. The standard InChI is InChI=1S/C21H25N3O8S/c1-14-10-15(2)21(17(11-14)24(26)27)32-13-20(25)22-16-4-5-18(30-3)19(12-16)33(28,29)23-6-8-31-9-7-23/h4-5,10-12H,6-9,13H2,1-3H3,(H,22,25). The maximum atomic E-state index is 13.1. The van der Waals surface area contributed by atoms with Crippen LogP contribution in [-0.2, 0) is 19.6 Å². The maximum absolute atomic E-state index is 13.1. The fraction of sp³-hybridized carbons (Fsp3) is 0.381. The summed E-state index contributed by atoms with van der Waals surface area (Å²) in [6.45, 7) is 3.89. The number of benzene rings is 2. The number of hydrogen-bond donors (Lipinski definition) is 1. The molecule has 33 heavy (non-hydrogen) atoms. The zero-order chi connectivity index (χ0) is 24.2. The van der Waals surface area contributed by atoms with Gasteiger partial charge in [-0.2, -0.15) is 4.31 Å². The van der Waals surface area contributed by atoms with E-state index in [1.165, 1.54) is 35.7 Å². The SMILES string of the molecule is COc1ccc(NC(=O)COc2c(C)cc(C)cc2[N+](=O)[O-])cc1S(=O)(=O)N1CCOCC1. The van der Waals surface area contributed by atoms with E-state index in [2.05, 4.69) is 5.32 Å². The minimum absolute atomic E-state index is 0.00562. The predicted molar refractivity (Wildman–Crippen MR) is 119 cm³/mol. The molecule has 0 unspecified atom stereocenters. The van der Waals surface area contributed by atoms with Gasteiger partial charge in [0.1, 0.15) is 10.6 Å². The van der Waals surface area contributed by atoms with Gasteiger partial charge in [0.15, 0.2) is 6.61 Å². The van der Waals surface area contributed by atoms with Gasteiger partial charge in [0.05, 0.1) is 25.2 Å². The molecule has 1 amide bonds. The summed E-state index contributed by atoms with van der Waals surface area (Å²) in [5, 5.41) is 13.9. The highest BCUT2D eigenvalue weighted by molar-refractivity contribution is 7.89. The summed E-state index contributed by atoms with van der Waals surface area (Å²) in [5.74, 6) is -0.461. The average molecular weight is 480 g/mol. The van der Waals surface area contributed by atoms with Crippen molar-refractivity contribution in [2.24, 2.45) is 0 Å². The van der Waals surface area contributed by atoms with Crippen LogP contribution >= 0.6 is 0 Å². The van der Waals surface area contributed by atoms with Crippen LogP contribution in [0.2, 0.25) is 0 Å². The summed E-state index contributed by atoms with van der Waals surface area (Å²) >= 11 is 0. The van der Waals surface area contributed by atoms with Crippen LogP contribution in [-0.4, -0.2) is 63.6 Å². The van der Waals surface area contributed by atoms with Crippen molar-refractivity contribution in [3.63, 3.8) is 0 Å². The van der Waals surface area contributed by atoms with Crippen LogP contribution in [0.1, 0.15) is 11.1 Å². The second kappa shape index (κ2) is 10.1. The third kappa shape index (κ3) is 5.59. The highest BCUT2D eigenvalue weighted by Gasteiger charge is 2.29.